The average molecular weight is 275 g/mol. The molecule has 4 nitrogen and oxygen atoms in total. The van der Waals surface area contributed by atoms with Gasteiger partial charge in [-0.05, 0) is 29.7 Å². The maximum absolute atomic E-state index is 11.9. The summed E-state index contributed by atoms with van der Waals surface area (Å²) in [6.45, 7) is 3.59. The van der Waals surface area contributed by atoms with Crippen molar-refractivity contribution in [3.05, 3.63) is 35.9 Å². The van der Waals surface area contributed by atoms with Crippen LogP contribution in [0, 0.1) is 11.8 Å². The summed E-state index contributed by atoms with van der Waals surface area (Å²) in [5.74, 6) is -0.442. The van der Waals surface area contributed by atoms with Crippen molar-refractivity contribution in [3.63, 3.8) is 0 Å². The van der Waals surface area contributed by atoms with Crippen LogP contribution in [0.4, 0.5) is 0 Å². The highest BCUT2D eigenvalue weighted by molar-refractivity contribution is 5.84. The lowest BCUT2D eigenvalue weighted by atomic mass is 10.0. The first-order valence-corrected chi connectivity index (χ1v) is 7.06. The Balaban J connectivity index is 1.83. The normalized spacial score (nSPS) is 22.4. The van der Waals surface area contributed by atoms with E-state index in [9.17, 15) is 9.59 Å². The molecule has 0 heterocycles. The van der Waals surface area contributed by atoms with E-state index in [-0.39, 0.29) is 11.8 Å². The molecule has 2 N–H and O–H groups in total. The minimum Gasteiger partial charge on any atom is -0.480 e. The fourth-order valence-electron chi connectivity index (χ4n) is 2.57. The molecule has 3 atom stereocenters. The van der Waals surface area contributed by atoms with Gasteiger partial charge in [-0.3, -0.25) is 4.79 Å². The third-order valence-corrected chi connectivity index (χ3v) is 3.85. The molecule has 4 heteroatoms. The zero-order valence-electron chi connectivity index (χ0n) is 11.9. The van der Waals surface area contributed by atoms with Crippen LogP contribution < -0.4 is 5.32 Å². The zero-order chi connectivity index (χ0) is 14.7. The predicted molar refractivity (Wildman–Crippen MR) is 76.3 cm³/mol. The van der Waals surface area contributed by atoms with Gasteiger partial charge < -0.3 is 10.4 Å². The number of benzene rings is 1. The highest BCUT2D eigenvalue weighted by Crippen LogP contribution is 2.49. The molecule has 1 aliphatic rings. The average Bonchev–Trinajstić information content (AvgIpc) is 3.15. The fourth-order valence-corrected chi connectivity index (χ4v) is 2.57. The van der Waals surface area contributed by atoms with E-state index in [4.69, 9.17) is 5.11 Å². The van der Waals surface area contributed by atoms with E-state index >= 15 is 0 Å². The third kappa shape index (κ3) is 3.59. The maximum Gasteiger partial charge on any atom is 0.326 e. The predicted octanol–water partition coefficient (Wildman–Crippen LogP) is 2.41. The van der Waals surface area contributed by atoms with Crippen molar-refractivity contribution in [2.75, 3.05) is 0 Å². The maximum atomic E-state index is 11.9. The molecule has 1 fully saturated rings. The third-order valence-electron chi connectivity index (χ3n) is 3.85. The van der Waals surface area contributed by atoms with E-state index in [0.717, 1.165) is 6.42 Å². The van der Waals surface area contributed by atoms with E-state index in [2.05, 4.69) is 17.4 Å². The smallest absolute Gasteiger partial charge is 0.326 e. The molecular formula is C16H21NO3. The summed E-state index contributed by atoms with van der Waals surface area (Å²) in [6.07, 6.45) is 1.42. The van der Waals surface area contributed by atoms with Crippen molar-refractivity contribution in [2.24, 2.45) is 11.8 Å². The molecule has 0 aliphatic heterocycles. The summed E-state index contributed by atoms with van der Waals surface area (Å²) in [5, 5.41) is 11.7. The Morgan fingerprint density at radius 1 is 1.30 bits per heavy atom. The summed E-state index contributed by atoms with van der Waals surface area (Å²) in [5.41, 5.74) is 1.27. The first-order chi connectivity index (χ1) is 9.49. The van der Waals surface area contributed by atoms with E-state index in [1.54, 1.807) is 13.8 Å². The Hall–Kier alpha value is -1.84. The standard InChI is InChI=1S/C16H21NO3/c1-10(2)15(16(19)20)17-14(18)9-12-8-13(12)11-6-4-3-5-7-11/h3-7,10,12-13,15H,8-9H2,1-2H3,(H,17,18)(H,19,20)/t12-,13-,15-/m0/s1. The second-order valence-electron chi connectivity index (χ2n) is 5.84. The monoisotopic (exact) mass is 275 g/mol. The van der Waals surface area contributed by atoms with E-state index in [0.29, 0.717) is 18.3 Å². The lowest BCUT2D eigenvalue weighted by Gasteiger charge is -2.17. The molecule has 1 amide bonds. The molecule has 1 aliphatic carbocycles. The van der Waals surface area contributed by atoms with Crippen molar-refractivity contribution >= 4 is 11.9 Å². The number of nitrogens with one attached hydrogen (secondary N) is 1. The highest BCUT2D eigenvalue weighted by Gasteiger charge is 2.39. The molecule has 1 aromatic rings. The van der Waals surface area contributed by atoms with Crippen LogP contribution >= 0.6 is 0 Å². The van der Waals surface area contributed by atoms with Gasteiger partial charge in [0.2, 0.25) is 5.91 Å². The summed E-state index contributed by atoms with van der Waals surface area (Å²) >= 11 is 0. The SMILES string of the molecule is CC(C)[C@H](NC(=O)C[C@@H]1C[C@H]1c1ccccc1)C(=O)O. The summed E-state index contributed by atoms with van der Waals surface area (Å²) in [6, 6.07) is 9.35. The number of carbonyl (C=O) groups is 2. The Morgan fingerprint density at radius 3 is 2.50 bits per heavy atom. The van der Waals surface area contributed by atoms with Gasteiger partial charge in [0.25, 0.3) is 0 Å². The van der Waals surface area contributed by atoms with Gasteiger partial charge in [-0.15, -0.1) is 0 Å². The van der Waals surface area contributed by atoms with Gasteiger partial charge in [-0.1, -0.05) is 44.2 Å². The Labute approximate surface area is 119 Å². The molecule has 1 aromatic carbocycles. The molecule has 108 valence electrons. The highest BCUT2D eigenvalue weighted by atomic mass is 16.4. The second-order valence-corrected chi connectivity index (χ2v) is 5.84. The van der Waals surface area contributed by atoms with Crippen molar-refractivity contribution in [3.8, 4) is 0 Å². The topological polar surface area (TPSA) is 66.4 Å². The Morgan fingerprint density at radius 2 is 1.95 bits per heavy atom. The molecule has 2 rings (SSSR count). The summed E-state index contributed by atoms with van der Waals surface area (Å²) in [4.78, 5) is 23.0. The molecule has 0 aromatic heterocycles. The Bertz CT molecular complexity index is 484. The molecule has 1 saturated carbocycles. The largest absolute Gasteiger partial charge is 0.480 e. The van der Waals surface area contributed by atoms with Crippen LogP contribution in [0.2, 0.25) is 0 Å². The number of carboxylic acids is 1. The van der Waals surface area contributed by atoms with Crippen LogP contribution in [0.15, 0.2) is 30.3 Å². The quantitative estimate of drug-likeness (QED) is 0.837. The first kappa shape index (κ1) is 14.6. The number of hydrogen-bond donors (Lipinski definition) is 2. The van der Waals surface area contributed by atoms with Gasteiger partial charge >= 0.3 is 5.97 Å². The van der Waals surface area contributed by atoms with E-state index in [1.807, 2.05) is 18.2 Å². The number of rotatable bonds is 6. The molecule has 0 saturated heterocycles. The number of carbonyl (C=O) groups excluding carboxylic acids is 1. The van der Waals surface area contributed by atoms with Crippen LogP contribution in [0.1, 0.15) is 38.2 Å². The van der Waals surface area contributed by atoms with E-state index < -0.39 is 12.0 Å². The van der Waals surface area contributed by atoms with Crippen LogP contribution in [0.3, 0.4) is 0 Å². The van der Waals surface area contributed by atoms with Crippen LogP contribution in [0.5, 0.6) is 0 Å². The van der Waals surface area contributed by atoms with Gasteiger partial charge in [-0.2, -0.15) is 0 Å². The van der Waals surface area contributed by atoms with Crippen molar-refractivity contribution in [2.45, 2.75) is 38.6 Å². The van der Waals surface area contributed by atoms with Crippen molar-refractivity contribution in [1.29, 1.82) is 0 Å². The van der Waals surface area contributed by atoms with Crippen LogP contribution in [0.25, 0.3) is 0 Å². The fraction of sp³-hybridized carbons (Fsp3) is 0.500. The first-order valence-electron chi connectivity index (χ1n) is 7.06. The zero-order valence-corrected chi connectivity index (χ0v) is 11.9. The van der Waals surface area contributed by atoms with E-state index in [1.165, 1.54) is 5.56 Å². The van der Waals surface area contributed by atoms with Gasteiger partial charge in [0.05, 0.1) is 0 Å². The van der Waals surface area contributed by atoms with Crippen LogP contribution in [-0.4, -0.2) is 23.0 Å². The molecular weight excluding hydrogens is 254 g/mol. The summed E-state index contributed by atoms with van der Waals surface area (Å²) in [7, 11) is 0. The minimum absolute atomic E-state index is 0.111. The second kappa shape index (κ2) is 6.07. The van der Waals surface area contributed by atoms with Gasteiger partial charge in [0, 0.05) is 6.42 Å². The van der Waals surface area contributed by atoms with Crippen molar-refractivity contribution in [1.82, 2.24) is 5.32 Å². The molecule has 20 heavy (non-hydrogen) atoms. The lowest BCUT2D eigenvalue weighted by Crippen LogP contribution is -2.44. The molecule has 0 radical (unpaired) electrons. The molecule has 0 unspecified atom stereocenters. The number of amides is 1. The number of aliphatic carboxylic acids is 1. The number of hydrogen-bond acceptors (Lipinski definition) is 2. The minimum atomic E-state index is -0.969. The Kier molecular flexibility index (Phi) is 4.42. The van der Waals surface area contributed by atoms with Gasteiger partial charge in [0.1, 0.15) is 6.04 Å². The van der Waals surface area contributed by atoms with Crippen molar-refractivity contribution < 1.29 is 14.7 Å². The van der Waals surface area contributed by atoms with Gasteiger partial charge in [-0.25, -0.2) is 4.79 Å². The van der Waals surface area contributed by atoms with Gasteiger partial charge in [0.15, 0.2) is 0 Å². The number of carboxylic acid groups (broad SMARTS) is 1. The molecule has 0 spiro atoms. The van der Waals surface area contributed by atoms with Crippen LogP contribution in [-0.2, 0) is 9.59 Å². The molecule has 0 bridgehead atoms. The lowest BCUT2D eigenvalue weighted by molar-refractivity contribution is -0.143. The summed E-state index contributed by atoms with van der Waals surface area (Å²) < 4.78 is 0.